The summed E-state index contributed by atoms with van der Waals surface area (Å²) in [5.41, 5.74) is 4.69. The molecule has 2 heterocycles. The fourth-order valence-corrected chi connectivity index (χ4v) is 6.05. The van der Waals surface area contributed by atoms with Gasteiger partial charge in [-0.25, -0.2) is 13.4 Å². The van der Waals surface area contributed by atoms with E-state index in [-0.39, 0.29) is 5.75 Å². The minimum absolute atomic E-state index is 0.0709. The molecule has 9 heteroatoms. The summed E-state index contributed by atoms with van der Waals surface area (Å²) in [5, 5.41) is 11.1. The summed E-state index contributed by atoms with van der Waals surface area (Å²) < 4.78 is 36.2. The van der Waals surface area contributed by atoms with E-state index in [1.54, 1.807) is 12.3 Å². The molecule has 2 aromatic heterocycles. The summed E-state index contributed by atoms with van der Waals surface area (Å²) in [7, 11) is -3.39. The molecule has 1 N–H and O–H groups in total. The van der Waals surface area contributed by atoms with Crippen LogP contribution in [0.5, 0.6) is 11.6 Å². The largest absolute Gasteiger partial charge is 0.438 e. The van der Waals surface area contributed by atoms with E-state index in [2.05, 4.69) is 36.3 Å². The lowest BCUT2D eigenvalue weighted by atomic mass is 10.0. The predicted molar refractivity (Wildman–Crippen MR) is 149 cm³/mol. The van der Waals surface area contributed by atoms with Gasteiger partial charge in [0.1, 0.15) is 11.8 Å². The fourth-order valence-electron chi connectivity index (χ4n) is 4.58. The molecular formula is C28H27BrN4O3S. The van der Waals surface area contributed by atoms with Gasteiger partial charge in [-0.1, -0.05) is 13.0 Å². The summed E-state index contributed by atoms with van der Waals surface area (Å²) in [4.78, 5) is 4.30. The standard InChI is InChI=1S/C28H27BrN4O3S/c1-3-13-37(34,35)32-20-8-10-22(18(2)14-20)27-24(16-30)23-11-9-21(36-28-25(29)5-4-12-31-28)15-26(23)33(27)17-19-6-7-19/h4-5,8-12,14-15,19,32H,3,6-7,13,17H2,1-2H3. The van der Waals surface area contributed by atoms with Crippen LogP contribution in [-0.2, 0) is 16.6 Å². The van der Waals surface area contributed by atoms with Gasteiger partial charge in [-0.3, -0.25) is 4.72 Å². The second-order valence-electron chi connectivity index (χ2n) is 9.41. The first kappa shape index (κ1) is 25.3. The van der Waals surface area contributed by atoms with Crippen molar-refractivity contribution in [3.05, 3.63) is 70.3 Å². The van der Waals surface area contributed by atoms with Gasteiger partial charge >= 0.3 is 0 Å². The zero-order valence-electron chi connectivity index (χ0n) is 20.7. The Balaban J connectivity index is 1.61. The number of benzene rings is 2. The number of aryl methyl sites for hydroxylation is 1. The van der Waals surface area contributed by atoms with Crippen molar-refractivity contribution in [1.29, 1.82) is 5.26 Å². The normalized spacial score (nSPS) is 13.5. The summed E-state index contributed by atoms with van der Waals surface area (Å²) >= 11 is 3.48. The number of pyridine rings is 1. The molecule has 190 valence electrons. The number of fused-ring (bicyclic) bond motifs is 1. The number of nitriles is 1. The molecule has 4 aromatic rings. The number of ether oxygens (including phenoxy) is 1. The van der Waals surface area contributed by atoms with Crippen LogP contribution in [0.25, 0.3) is 22.2 Å². The molecule has 1 saturated carbocycles. The van der Waals surface area contributed by atoms with Crippen LogP contribution in [0.1, 0.15) is 37.3 Å². The van der Waals surface area contributed by atoms with Crippen LogP contribution in [0.3, 0.4) is 0 Å². The van der Waals surface area contributed by atoms with Crippen molar-refractivity contribution in [3.63, 3.8) is 0 Å². The molecule has 0 aliphatic heterocycles. The first-order valence-corrected chi connectivity index (χ1v) is 14.7. The molecule has 2 aromatic carbocycles. The first-order valence-electron chi connectivity index (χ1n) is 12.3. The van der Waals surface area contributed by atoms with Crippen LogP contribution in [0.4, 0.5) is 5.69 Å². The van der Waals surface area contributed by atoms with Gasteiger partial charge in [0.15, 0.2) is 0 Å². The Hall–Kier alpha value is -3.35. The molecule has 0 atom stereocenters. The molecule has 1 aliphatic carbocycles. The summed E-state index contributed by atoms with van der Waals surface area (Å²) in [6, 6.07) is 17.4. The Bertz CT molecular complexity index is 1640. The van der Waals surface area contributed by atoms with E-state index in [1.807, 2.05) is 56.3 Å². The number of nitrogens with zero attached hydrogens (tertiary/aromatic N) is 3. The fraction of sp³-hybridized carbons (Fsp3) is 0.286. The van der Waals surface area contributed by atoms with E-state index in [4.69, 9.17) is 4.74 Å². The average Bonchev–Trinajstić information content (AvgIpc) is 3.62. The average molecular weight is 580 g/mol. The van der Waals surface area contributed by atoms with Crippen molar-refractivity contribution in [2.45, 2.75) is 39.7 Å². The maximum Gasteiger partial charge on any atom is 0.233 e. The zero-order chi connectivity index (χ0) is 26.2. The number of rotatable bonds is 9. The number of nitrogens with one attached hydrogen (secondary N) is 1. The molecule has 5 rings (SSSR count). The van der Waals surface area contributed by atoms with Crippen molar-refractivity contribution in [3.8, 4) is 29.0 Å². The molecule has 0 amide bonds. The molecule has 0 saturated heterocycles. The molecule has 1 fully saturated rings. The Labute approximate surface area is 225 Å². The minimum atomic E-state index is -3.39. The monoisotopic (exact) mass is 578 g/mol. The number of aromatic nitrogens is 2. The van der Waals surface area contributed by atoms with E-state index in [0.29, 0.717) is 35.2 Å². The van der Waals surface area contributed by atoms with Crippen molar-refractivity contribution in [1.82, 2.24) is 9.55 Å². The lowest BCUT2D eigenvalue weighted by molar-refractivity contribution is 0.460. The highest BCUT2D eigenvalue weighted by molar-refractivity contribution is 9.10. The Morgan fingerprint density at radius 3 is 2.70 bits per heavy atom. The van der Waals surface area contributed by atoms with E-state index in [9.17, 15) is 13.7 Å². The smallest absolute Gasteiger partial charge is 0.233 e. The Morgan fingerprint density at radius 2 is 2.03 bits per heavy atom. The Kier molecular flexibility index (Phi) is 6.97. The molecule has 0 radical (unpaired) electrons. The topological polar surface area (TPSA) is 97.0 Å². The van der Waals surface area contributed by atoms with E-state index in [0.717, 1.165) is 51.6 Å². The van der Waals surface area contributed by atoms with Gasteiger partial charge in [0, 0.05) is 35.4 Å². The third-order valence-electron chi connectivity index (χ3n) is 6.45. The molecule has 0 unspecified atom stereocenters. The van der Waals surface area contributed by atoms with Crippen LogP contribution in [0.15, 0.2) is 59.2 Å². The second-order valence-corrected chi connectivity index (χ2v) is 12.1. The molecule has 0 spiro atoms. The van der Waals surface area contributed by atoms with Crippen molar-refractivity contribution in [2.24, 2.45) is 5.92 Å². The molecule has 0 bridgehead atoms. The van der Waals surface area contributed by atoms with Crippen LogP contribution in [-0.4, -0.2) is 23.7 Å². The Morgan fingerprint density at radius 1 is 1.22 bits per heavy atom. The van der Waals surface area contributed by atoms with Crippen LogP contribution in [0.2, 0.25) is 0 Å². The van der Waals surface area contributed by atoms with Gasteiger partial charge in [0.2, 0.25) is 15.9 Å². The van der Waals surface area contributed by atoms with Crippen LogP contribution >= 0.6 is 15.9 Å². The SMILES string of the molecule is CCCS(=O)(=O)Nc1ccc(-c2c(C#N)c3ccc(Oc4ncccc4Br)cc3n2CC2CC2)c(C)c1. The highest BCUT2D eigenvalue weighted by Crippen LogP contribution is 2.41. The van der Waals surface area contributed by atoms with E-state index < -0.39 is 10.0 Å². The predicted octanol–water partition coefficient (Wildman–Crippen LogP) is 7.00. The summed E-state index contributed by atoms with van der Waals surface area (Å²) in [5.74, 6) is 1.74. The van der Waals surface area contributed by atoms with Gasteiger partial charge < -0.3 is 9.30 Å². The van der Waals surface area contributed by atoms with E-state index >= 15 is 0 Å². The van der Waals surface area contributed by atoms with Gasteiger partial charge in [-0.15, -0.1) is 0 Å². The van der Waals surface area contributed by atoms with Crippen molar-refractivity contribution < 1.29 is 13.2 Å². The number of anilines is 1. The molecular weight excluding hydrogens is 552 g/mol. The number of sulfonamides is 1. The molecule has 37 heavy (non-hydrogen) atoms. The summed E-state index contributed by atoms with van der Waals surface area (Å²) in [6.45, 7) is 4.58. The highest BCUT2D eigenvalue weighted by Gasteiger charge is 2.27. The van der Waals surface area contributed by atoms with Crippen molar-refractivity contribution >= 4 is 42.5 Å². The second kappa shape index (κ2) is 10.2. The number of hydrogen-bond donors (Lipinski definition) is 1. The van der Waals surface area contributed by atoms with Crippen molar-refractivity contribution in [2.75, 3.05) is 10.5 Å². The maximum atomic E-state index is 12.3. The van der Waals surface area contributed by atoms with Gasteiger partial charge in [0.25, 0.3) is 0 Å². The quantitative estimate of drug-likeness (QED) is 0.230. The van der Waals surface area contributed by atoms with E-state index in [1.165, 1.54) is 0 Å². The maximum absolute atomic E-state index is 12.3. The zero-order valence-corrected chi connectivity index (χ0v) is 23.1. The highest BCUT2D eigenvalue weighted by atomic mass is 79.9. The lowest BCUT2D eigenvalue weighted by Gasteiger charge is -2.15. The minimum Gasteiger partial charge on any atom is -0.438 e. The van der Waals surface area contributed by atoms with Crippen LogP contribution in [0, 0.1) is 24.2 Å². The first-order chi connectivity index (χ1) is 17.8. The molecule has 7 nitrogen and oxygen atoms in total. The third-order valence-corrected chi connectivity index (χ3v) is 8.55. The number of hydrogen-bond acceptors (Lipinski definition) is 5. The summed E-state index contributed by atoms with van der Waals surface area (Å²) in [6.07, 6.45) is 4.54. The van der Waals surface area contributed by atoms with Gasteiger partial charge in [0.05, 0.1) is 27.0 Å². The lowest BCUT2D eigenvalue weighted by Crippen LogP contribution is -2.16. The van der Waals surface area contributed by atoms with Gasteiger partial charge in [-0.05, 0) is 90.0 Å². The van der Waals surface area contributed by atoms with Gasteiger partial charge in [-0.2, -0.15) is 5.26 Å². The molecule has 1 aliphatic rings. The van der Waals surface area contributed by atoms with Crippen LogP contribution < -0.4 is 9.46 Å². The third kappa shape index (κ3) is 5.36. The number of halogens is 1.